The van der Waals surface area contributed by atoms with E-state index >= 15 is 0 Å². The van der Waals surface area contributed by atoms with Crippen LogP contribution in [0.1, 0.15) is 41.1 Å². The first-order valence-electron chi connectivity index (χ1n) is 9.80. The third-order valence-electron chi connectivity index (χ3n) is 6.38. The van der Waals surface area contributed by atoms with Crippen LogP contribution in [0.3, 0.4) is 0 Å². The number of hydrogen-bond donors (Lipinski definition) is 1. The van der Waals surface area contributed by atoms with Gasteiger partial charge in [0.1, 0.15) is 5.82 Å². The lowest BCUT2D eigenvalue weighted by atomic mass is 9.81. The highest BCUT2D eigenvalue weighted by atomic mass is 16.2. The maximum Gasteiger partial charge on any atom is 0.254 e. The summed E-state index contributed by atoms with van der Waals surface area (Å²) in [6.07, 6.45) is 4.33. The van der Waals surface area contributed by atoms with Gasteiger partial charge in [-0.25, -0.2) is 4.98 Å². The molecule has 1 atom stereocenters. The zero-order valence-electron chi connectivity index (χ0n) is 16.4. The number of carbonyl (C=O) groups is 2. The molecule has 0 bridgehead atoms. The lowest BCUT2D eigenvalue weighted by Crippen LogP contribution is -2.52. The number of likely N-dealkylation sites (tertiary alicyclic amines) is 1. The van der Waals surface area contributed by atoms with Crippen molar-refractivity contribution in [1.29, 1.82) is 0 Å². The van der Waals surface area contributed by atoms with Gasteiger partial charge < -0.3 is 15.1 Å². The lowest BCUT2D eigenvalue weighted by molar-refractivity contribution is -0.131. The summed E-state index contributed by atoms with van der Waals surface area (Å²) >= 11 is 0. The molecule has 1 aromatic carbocycles. The van der Waals surface area contributed by atoms with Crippen molar-refractivity contribution >= 4 is 17.6 Å². The van der Waals surface area contributed by atoms with Crippen LogP contribution >= 0.6 is 0 Å². The second-order valence-electron chi connectivity index (χ2n) is 7.73. The van der Waals surface area contributed by atoms with Crippen LogP contribution < -0.4 is 10.2 Å². The Hall–Kier alpha value is -2.89. The zero-order chi connectivity index (χ0) is 19.7. The number of likely N-dealkylation sites (N-methyl/N-ethyl adjacent to an activating group) is 1. The molecule has 6 heteroatoms. The summed E-state index contributed by atoms with van der Waals surface area (Å²) in [4.78, 5) is 33.8. The topological polar surface area (TPSA) is 65.5 Å². The highest BCUT2D eigenvalue weighted by Crippen LogP contribution is 2.45. The number of hydrogen-bond acceptors (Lipinski definition) is 4. The maximum absolute atomic E-state index is 13.0. The predicted molar refractivity (Wildman–Crippen MR) is 108 cm³/mol. The Bertz CT molecular complexity index is 875. The Morgan fingerprint density at radius 1 is 1.14 bits per heavy atom. The van der Waals surface area contributed by atoms with E-state index in [0.29, 0.717) is 5.56 Å². The van der Waals surface area contributed by atoms with Gasteiger partial charge in [0.05, 0.1) is 11.5 Å². The van der Waals surface area contributed by atoms with Gasteiger partial charge in [0.2, 0.25) is 5.91 Å². The van der Waals surface area contributed by atoms with Crippen molar-refractivity contribution < 1.29 is 9.59 Å². The number of carbonyl (C=O) groups excluding carboxylic acids is 2. The third kappa shape index (κ3) is 3.03. The standard InChI is InChI=1S/C22H26N4O2/c1-23-20(27)17-9-6-12-24-19(17)26-13-10-22(11-14-26)15-18(21(28)25(22)2)16-7-4-3-5-8-16/h3-9,12,18H,10-11,13-15H2,1-2H3,(H,23,27)/t18-/m1/s1. The largest absolute Gasteiger partial charge is 0.356 e. The molecule has 146 valence electrons. The number of piperidine rings is 1. The van der Waals surface area contributed by atoms with E-state index in [1.165, 1.54) is 0 Å². The fourth-order valence-electron chi connectivity index (χ4n) is 4.65. The van der Waals surface area contributed by atoms with E-state index in [2.05, 4.69) is 15.2 Å². The van der Waals surface area contributed by atoms with Crippen molar-refractivity contribution in [1.82, 2.24) is 15.2 Å². The molecule has 2 aromatic rings. The van der Waals surface area contributed by atoms with E-state index in [-0.39, 0.29) is 23.3 Å². The minimum Gasteiger partial charge on any atom is -0.356 e. The van der Waals surface area contributed by atoms with E-state index in [0.717, 1.165) is 43.7 Å². The number of pyridine rings is 1. The number of amides is 2. The van der Waals surface area contributed by atoms with Crippen LogP contribution in [0.4, 0.5) is 5.82 Å². The molecule has 28 heavy (non-hydrogen) atoms. The van der Waals surface area contributed by atoms with Crippen LogP contribution in [0, 0.1) is 0 Å². The fraction of sp³-hybridized carbons (Fsp3) is 0.409. The van der Waals surface area contributed by atoms with Crippen molar-refractivity contribution in [3.05, 3.63) is 59.8 Å². The summed E-state index contributed by atoms with van der Waals surface area (Å²) in [7, 11) is 3.57. The Morgan fingerprint density at radius 2 is 1.86 bits per heavy atom. The van der Waals surface area contributed by atoms with Gasteiger partial charge in [-0.1, -0.05) is 30.3 Å². The molecular formula is C22H26N4O2. The van der Waals surface area contributed by atoms with Crippen molar-refractivity contribution in [2.75, 3.05) is 32.1 Å². The molecule has 0 unspecified atom stereocenters. The lowest BCUT2D eigenvalue weighted by Gasteiger charge is -2.44. The number of rotatable bonds is 3. The highest BCUT2D eigenvalue weighted by Gasteiger charge is 2.50. The first-order chi connectivity index (χ1) is 13.6. The molecule has 6 nitrogen and oxygen atoms in total. The molecule has 0 radical (unpaired) electrons. The van der Waals surface area contributed by atoms with Crippen molar-refractivity contribution in [2.24, 2.45) is 0 Å². The predicted octanol–water partition coefficient (Wildman–Crippen LogP) is 2.43. The van der Waals surface area contributed by atoms with E-state index in [1.807, 2.05) is 48.3 Å². The Morgan fingerprint density at radius 3 is 2.54 bits per heavy atom. The normalized spacial score (nSPS) is 21.2. The van der Waals surface area contributed by atoms with E-state index < -0.39 is 0 Å². The number of nitrogens with one attached hydrogen (secondary N) is 1. The van der Waals surface area contributed by atoms with E-state index in [9.17, 15) is 9.59 Å². The average Bonchev–Trinajstić information content (AvgIpc) is 2.99. The third-order valence-corrected chi connectivity index (χ3v) is 6.38. The van der Waals surface area contributed by atoms with Crippen LogP contribution in [-0.4, -0.2) is 54.4 Å². The monoisotopic (exact) mass is 378 g/mol. The second-order valence-corrected chi connectivity index (χ2v) is 7.73. The maximum atomic E-state index is 13.0. The molecule has 1 aromatic heterocycles. The van der Waals surface area contributed by atoms with Crippen molar-refractivity contribution in [3.8, 4) is 0 Å². The van der Waals surface area contributed by atoms with Crippen LogP contribution in [0.2, 0.25) is 0 Å². The summed E-state index contributed by atoms with van der Waals surface area (Å²) in [5.41, 5.74) is 1.58. The van der Waals surface area contributed by atoms with Crippen LogP contribution in [0.15, 0.2) is 48.7 Å². The number of aromatic nitrogens is 1. The molecule has 2 aliphatic heterocycles. The molecule has 3 heterocycles. The number of nitrogens with zero attached hydrogens (tertiary/aromatic N) is 3. The molecule has 4 rings (SSSR count). The Kier molecular flexibility index (Phi) is 4.79. The molecule has 1 N–H and O–H groups in total. The Labute approximate surface area is 165 Å². The second kappa shape index (κ2) is 7.26. The van der Waals surface area contributed by atoms with E-state index in [4.69, 9.17) is 0 Å². The molecule has 2 saturated heterocycles. The van der Waals surface area contributed by atoms with Crippen LogP contribution in [-0.2, 0) is 4.79 Å². The van der Waals surface area contributed by atoms with Gasteiger partial charge in [0.25, 0.3) is 5.91 Å². The summed E-state index contributed by atoms with van der Waals surface area (Å²) in [5, 5.41) is 2.69. The van der Waals surface area contributed by atoms with Crippen molar-refractivity contribution in [3.63, 3.8) is 0 Å². The van der Waals surface area contributed by atoms with Crippen LogP contribution in [0.5, 0.6) is 0 Å². The fourth-order valence-corrected chi connectivity index (χ4v) is 4.65. The number of anilines is 1. The average molecular weight is 378 g/mol. The van der Waals surface area contributed by atoms with Gasteiger partial charge in [0.15, 0.2) is 0 Å². The van der Waals surface area contributed by atoms with Gasteiger partial charge >= 0.3 is 0 Å². The first-order valence-corrected chi connectivity index (χ1v) is 9.80. The summed E-state index contributed by atoms with van der Waals surface area (Å²) in [6, 6.07) is 13.7. The summed E-state index contributed by atoms with van der Waals surface area (Å²) in [5.74, 6) is 0.751. The molecular weight excluding hydrogens is 352 g/mol. The van der Waals surface area contributed by atoms with Crippen molar-refractivity contribution in [2.45, 2.75) is 30.7 Å². The molecule has 2 fully saturated rings. The molecule has 1 spiro atoms. The highest BCUT2D eigenvalue weighted by molar-refractivity contribution is 5.98. The molecule has 2 aliphatic rings. The SMILES string of the molecule is CNC(=O)c1cccnc1N1CCC2(CC1)C[C@H](c1ccccc1)C(=O)N2C. The Balaban J connectivity index is 1.53. The minimum absolute atomic E-state index is 0.0611. The van der Waals surface area contributed by atoms with Gasteiger partial charge in [-0.2, -0.15) is 0 Å². The smallest absolute Gasteiger partial charge is 0.254 e. The van der Waals surface area contributed by atoms with Gasteiger partial charge in [-0.05, 0) is 37.0 Å². The minimum atomic E-state index is -0.124. The zero-order valence-corrected chi connectivity index (χ0v) is 16.4. The van der Waals surface area contributed by atoms with Gasteiger partial charge in [-0.15, -0.1) is 0 Å². The molecule has 0 aliphatic carbocycles. The van der Waals surface area contributed by atoms with E-state index in [1.54, 1.807) is 19.3 Å². The van der Waals surface area contributed by atoms with Gasteiger partial charge in [0, 0.05) is 38.9 Å². The first kappa shape index (κ1) is 18.5. The summed E-state index contributed by atoms with van der Waals surface area (Å²) in [6.45, 7) is 1.56. The van der Waals surface area contributed by atoms with Crippen LogP contribution in [0.25, 0.3) is 0 Å². The molecule has 0 saturated carbocycles. The van der Waals surface area contributed by atoms with Gasteiger partial charge in [-0.3, -0.25) is 9.59 Å². The number of benzene rings is 1. The summed E-state index contributed by atoms with van der Waals surface area (Å²) < 4.78 is 0. The molecule has 2 amide bonds. The quantitative estimate of drug-likeness (QED) is 0.891.